The molecule has 2 heterocycles. The molecule has 1 aliphatic rings. The summed E-state index contributed by atoms with van der Waals surface area (Å²) in [5, 5.41) is 13.3. The molecule has 0 saturated heterocycles. The molecule has 1 atom stereocenters. The number of halogens is 1. The van der Waals surface area contributed by atoms with Crippen molar-refractivity contribution in [3.05, 3.63) is 95.4 Å². The van der Waals surface area contributed by atoms with E-state index < -0.39 is 0 Å². The summed E-state index contributed by atoms with van der Waals surface area (Å²) >= 11 is 0. The molecule has 0 fully saturated rings. The Morgan fingerprint density at radius 1 is 0.929 bits per heavy atom. The van der Waals surface area contributed by atoms with Gasteiger partial charge >= 0.3 is 0 Å². The van der Waals surface area contributed by atoms with Crippen molar-refractivity contribution in [3.63, 3.8) is 0 Å². The molecule has 4 heteroatoms. The first-order chi connectivity index (χ1) is 13.8. The highest BCUT2D eigenvalue weighted by molar-refractivity contribution is 5.84. The summed E-state index contributed by atoms with van der Waals surface area (Å²) in [6.45, 7) is 1.63. The van der Waals surface area contributed by atoms with Crippen LogP contribution in [0.4, 0.5) is 4.39 Å². The van der Waals surface area contributed by atoms with Crippen molar-refractivity contribution in [3.8, 4) is 11.3 Å². The fourth-order valence-corrected chi connectivity index (χ4v) is 4.18. The number of hydrogen-bond donors (Lipinski definition) is 1. The predicted molar refractivity (Wildman–Crippen MR) is 110 cm³/mol. The monoisotopic (exact) mass is 369 g/mol. The molecule has 1 N–H and O–H groups in total. The minimum absolute atomic E-state index is 0.0329. The summed E-state index contributed by atoms with van der Waals surface area (Å²) in [6.07, 6.45) is 2.54. The molecule has 0 amide bonds. The highest BCUT2D eigenvalue weighted by Gasteiger charge is 2.24. The van der Waals surface area contributed by atoms with E-state index in [1.165, 1.54) is 11.1 Å². The van der Waals surface area contributed by atoms with Crippen molar-refractivity contribution < 1.29 is 4.39 Å². The van der Waals surface area contributed by atoms with Crippen LogP contribution in [0, 0.1) is 5.82 Å². The number of hydrogen-bond acceptors (Lipinski definition) is 3. The van der Waals surface area contributed by atoms with Crippen LogP contribution in [0.15, 0.2) is 72.9 Å². The second-order valence-electron chi connectivity index (χ2n) is 7.23. The van der Waals surface area contributed by atoms with E-state index in [9.17, 15) is 0 Å². The molecule has 1 aromatic heterocycles. The van der Waals surface area contributed by atoms with Gasteiger partial charge in [0.05, 0.1) is 5.69 Å². The maximum absolute atomic E-state index is 15.4. The average Bonchev–Trinajstić information content (AvgIpc) is 2.97. The minimum Gasteiger partial charge on any atom is -0.313 e. The summed E-state index contributed by atoms with van der Waals surface area (Å²) in [5.74, 6) is -0.0699. The molecule has 138 valence electrons. The Morgan fingerprint density at radius 2 is 1.82 bits per heavy atom. The van der Waals surface area contributed by atoms with Crippen LogP contribution in [0.3, 0.4) is 0 Å². The fourth-order valence-electron chi connectivity index (χ4n) is 4.18. The molecule has 5 rings (SSSR count). The smallest absolute Gasteiger partial charge is 0.134 e. The number of fused-ring (bicyclic) bond motifs is 2. The zero-order valence-corrected chi connectivity index (χ0v) is 15.4. The molecule has 0 saturated carbocycles. The van der Waals surface area contributed by atoms with Crippen molar-refractivity contribution in [2.75, 3.05) is 6.54 Å². The van der Waals surface area contributed by atoms with Gasteiger partial charge in [-0.2, -0.15) is 10.2 Å². The van der Waals surface area contributed by atoms with E-state index in [0.29, 0.717) is 5.39 Å². The maximum atomic E-state index is 15.4. The Labute approximate surface area is 163 Å². The van der Waals surface area contributed by atoms with Crippen LogP contribution >= 0.6 is 0 Å². The highest BCUT2D eigenvalue weighted by Crippen LogP contribution is 2.37. The summed E-state index contributed by atoms with van der Waals surface area (Å²) in [5.41, 5.74) is 5.04. The van der Waals surface area contributed by atoms with Gasteiger partial charge in [-0.05, 0) is 53.2 Å². The molecule has 3 aromatic carbocycles. The van der Waals surface area contributed by atoms with Crippen molar-refractivity contribution >= 4 is 10.8 Å². The highest BCUT2D eigenvalue weighted by atomic mass is 19.1. The van der Waals surface area contributed by atoms with Crippen LogP contribution in [0.25, 0.3) is 22.0 Å². The number of nitrogens with zero attached hydrogens (tertiary/aromatic N) is 2. The predicted octanol–water partition coefficient (Wildman–Crippen LogP) is 5.06. The lowest BCUT2D eigenvalue weighted by Gasteiger charge is -2.20. The lowest BCUT2D eigenvalue weighted by Crippen LogP contribution is -2.12. The van der Waals surface area contributed by atoms with Crippen LogP contribution in [-0.4, -0.2) is 16.7 Å². The second kappa shape index (κ2) is 7.13. The van der Waals surface area contributed by atoms with Crippen LogP contribution in [-0.2, 0) is 6.54 Å². The lowest BCUT2D eigenvalue weighted by atomic mass is 9.84. The first-order valence-corrected chi connectivity index (χ1v) is 9.60. The summed E-state index contributed by atoms with van der Waals surface area (Å²) in [7, 11) is 0. The van der Waals surface area contributed by atoms with Gasteiger partial charge in [-0.25, -0.2) is 4.39 Å². The Bertz CT molecular complexity index is 1140. The zero-order chi connectivity index (χ0) is 18.9. The van der Waals surface area contributed by atoms with Crippen LogP contribution in [0.2, 0.25) is 0 Å². The van der Waals surface area contributed by atoms with Gasteiger partial charge in [-0.15, -0.1) is 0 Å². The summed E-state index contributed by atoms with van der Waals surface area (Å²) in [6, 6.07) is 21.8. The average molecular weight is 369 g/mol. The molecular formula is C24H20FN3. The second-order valence-corrected chi connectivity index (χ2v) is 7.23. The Balaban J connectivity index is 1.62. The standard InChI is InChI=1S/C24H20FN3/c25-24-20-5-2-1-4-16(20)7-10-22(24)21-11-13-26-15-18-14-17(8-9-19(18)21)23-6-3-12-27-28-23/h1-10,12,14,21,26H,11,13,15H2. The molecule has 28 heavy (non-hydrogen) atoms. The van der Waals surface area contributed by atoms with Gasteiger partial charge in [0.25, 0.3) is 0 Å². The first-order valence-electron chi connectivity index (χ1n) is 9.60. The Kier molecular flexibility index (Phi) is 4.34. The van der Waals surface area contributed by atoms with Crippen LogP contribution in [0.1, 0.15) is 29.0 Å². The van der Waals surface area contributed by atoms with E-state index in [4.69, 9.17) is 0 Å². The molecular weight excluding hydrogens is 349 g/mol. The van der Waals surface area contributed by atoms with E-state index in [1.54, 1.807) is 6.20 Å². The van der Waals surface area contributed by atoms with Crippen LogP contribution in [0.5, 0.6) is 0 Å². The number of rotatable bonds is 2. The SMILES string of the molecule is Fc1c(C2CCNCc3cc(-c4cccnn4)ccc32)ccc2ccccc12. The van der Waals surface area contributed by atoms with Crippen molar-refractivity contribution in [1.29, 1.82) is 0 Å². The third-order valence-corrected chi connectivity index (χ3v) is 5.58. The molecule has 0 spiro atoms. The topological polar surface area (TPSA) is 37.8 Å². The minimum atomic E-state index is -0.103. The zero-order valence-electron chi connectivity index (χ0n) is 15.4. The van der Waals surface area contributed by atoms with E-state index >= 15 is 4.39 Å². The summed E-state index contributed by atoms with van der Waals surface area (Å²) < 4.78 is 15.4. The molecule has 1 unspecified atom stereocenters. The molecule has 0 bridgehead atoms. The van der Waals surface area contributed by atoms with Gasteiger partial charge in [-0.1, -0.05) is 48.5 Å². The van der Waals surface area contributed by atoms with Crippen molar-refractivity contribution in [2.45, 2.75) is 18.9 Å². The van der Waals surface area contributed by atoms with Crippen molar-refractivity contribution in [2.24, 2.45) is 0 Å². The summed E-state index contributed by atoms with van der Waals surface area (Å²) in [4.78, 5) is 0. The quantitative estimate of drug-likeness (QED) is 0.537. The van der Waals surface area contributed by atoms with Gasteiger partial charge in [0.15, 0.2) is 0 Å². The van der Waals surface area contributed by atoms with E-state index in [-0.39, 0.29) is 11.7 Å². The molecule has 0 aliphatic carbocycles. The maximum Gasteiger partial charge on any atom is 0.134 e. The molecule has 0 radical (unpaired) electrons. The third-order valence-electron chi connectivity index (χ3n) is 5.58. The molecule has 1 aliphatic heterocycles. The van der Waals surface area contributed by atoms with E-state index in [2.05, 4.69) is 33.7 Å². The fraction of sp³-hybridized carbons (Fsp3) is 0.167. The van der Waals surface area contributed by atoms with Gasteiger partial charge in [0, 0.05) is 29.6 Å². The Morgan fingerprint density at radius 3 is 2.71 bits per heavy atom. The third kappa shape index (κ3) is 2.96. The van der Waals surface area contributed by atoms with Crippen molar-refractivity contribution in [1.82, 2.24) is 15.5 Å². The van der Waals surface area contributed by atoms with Gasteiger partial charge in [0.2, 0.25) is 0 Å². The van der Waals surface area contributed by atoms with Gasteiger partial charge < -0.3 is 5.32 Å². The van der Waals surface area contributed by atoms with E-state index in [1.807, 2.05) is 48.5 Å². The lowest BCUT2D eigenvalue weighted by molar-refractivity contribution is 0.588. The number of aromatic nitrogens is 2. The largest absolute Gasteiger partial charge is 0.313 e. The Hall–Kier alpha value is -3.11. The van der Waals surface area contributed by atoms with Gasteiger partial charge in [0.1, 0.15) is 5.82 Å². The van der Waals surface area contributed by atoms with E-state index in [0.717, 1.165) is 41.7 Å². The van der Waals surface area contributed by atoms with Crippen LogP contribution < -0.4 is 5.32 Å². The molecule has 4 aromatic rings. The number of nitrogens with one attached hydrogen (secondary N) is 1. The normalized spacial score (nSPS) is 16.5. The first kappa shape index (κ1) is 17.0. The number of benzene rings is 3. The molecule has 3 nitrogen and oxygen atoms in total. The van der Waals surface area contributed by atoms with Gasteiger partial charge in [-0.3, -0.25) is 0 Å².